The van der Waals surface area contributed by atoms with Crippen molar-refractivity contribution < 1.29 is 52.7 Å². The molecule has 240 valence electrons. The molecular weight excluding hydrogens is 576 g/mol. The van der Waals surface area contributed by atoms with Gasteiger partial charge in [-0.2, -0.15) is 0 Å². The van der Waals surface area contributed by atoms with Crippen LogP contribution in [0.5, 0.6) is 11.5 Å². The Kier molecular flexibility index (Phi) is 12.5. The second-order valence-corrected chi connectivity index (χ2v) is 10.9. The average Bonchev–Trinajstić information content (AvgIpc) is 3.03. The minimum absolute atomic E-state index is 0.114. The number of carbonyl (C=O) groups excluding carboxylic acids is 4. The summed E-state index contributed by atoms with van der Waals surface area (Å²) < 4.78 is 33.0. The molecule has 13 heteroatoms. The Balaban J connectivity index is 1.85. The van der Waals surface area contributed by atoms with E-state index in [0.29, 0.717) is 0 Å². The summed E-state index contributed by atoms with van der Waals surface area (Å²) in [5, 5.41) is 13.6. The van der Waals surface area contributed by atoms with Crippen LogP contribution in [0.25, 0.3) is 0 Å². The number of amides is 1. The number of carbonyl (C=O) groups is 4. The van der Waals surface area contributed by atoms with E-state index in [1.807, 2.05) is 30.3 Å². The Morgan fingerprint density at radius 2 is 1.75 bits per heavy atom. The van der Waals surface area contributed by atoms with Crippen LogP contribution in [0.4, 0.5) is 0 Å². The molecule has 5 atom stereocenters. The standard InChI is InChI=1S/C31H40N2O11/c1-17(2)28(35)42-16-41-26-23(39-6)12-13-32-24(26)27(34)33-22-15-40-30(37)21(14-20-10-8-7-9-11-20)25(19(5)43-31(22)38)44-29(36)18(3)4/h7-13,17-19,21-22,25,31,38H,14-16H2,1-6H3,(H,33,34)/t19-,21+,22-,25-,31?/m0/s1. The highest BCUT2D eigenvalue weighted by Gasteiger charge is 2.42. The largest absolute Gasteiger partial charge is 0.493 e. The first-order valence-electron chi connectivity index (χ1n) is 14.3. The van der Waals surface area contributed by atoms with Gasteiger partial charge in [0.2, 0.25) is 6.79 Å². The van der Waals surface area contributed by atoms with Crippen LogP contribution in [0.3, 0.4) is 0 Å². The Hall–Kier alpha value is -4.23. The molecule has 13 nitrogen and oxygen atoms in total. The van der Waals surface area contributed by atoms with Gasteiger partial charge in [-0.25, -0.2) is 4.98 Å². The lowest BCUT2D eigenvalue weighted by Gasteiger charge is -2.31. The van der Waals surface area contributed by atoms with Crippen LogP contribution in [0.1, 0.15) is 50.7 Å². The summed E-state index contributed by atoms with van der Waals surface area (Å²) >= 11 is 0. The molecule has 2 heterocycles. The topological polar surface area (TPSA) is 169 Å². The van der Waals surface area contributed by atoms with E-state index < -0.39 is 79.5 Å². The van der Waals surface area contributed by atoms with Gasteiger partial charge in [0.25, 0.3) is 5.91 Å². The summed E-state index contributed by atoms with van der Waals surface area (Å²) in [6, 6.07) is 9.32. The van der Waals surface area contributed by atoms with E-state index >= 15 is 0 Å². The summed E-state index contributed by atoms with van der Waals surface area (Å²) in [4.78, 5) is 55.4. The van der Waals surface area contributed by atoms with E-state index in [1.165, 1.54) is 19.4 Å². The van der Waals surface area contributed by atoms with Gasteiger partial charge in [-0.05, 0) is 18.9 Å². The molecule has 1 aromatic heterocycles. The van der Waals surface area contributed by atoms with Gasteiger partial charge in [-0.3, -0.25) is 19.2 Å². The molecule has 0 spiro atoms. The van der Waals surface area contributed by atoms with Crippen molar-refractivity contribution in [3.8, 4) is 11.5 Å². The minimum Gasteiger partial charge on any atom is -0.493 e. The molecule has 0 radical (unpaired) electrons. The van der Waals surface area contributed by atoms with Crippen LogP contribution in [0, 0.1) is 17.8 Å². The van der Waals surface area contributed by atoms with Crippen molar-refractivity contribution in [1.29, 1.82) is 0 Å². The summed E-state index contributed by atoms with van der Waals surface area (Å²) in [5.41, 5.74) is 0.551. The smallest absolute Gasteiger partial charge is 0.313 e. The Morgan fingerprint density at radius 1 is 1.07 bits per heavy atom. The number of rotatable bonds is 11. The quantitative estimate of drug-likeness (QED) is 0.215. The predicted octanol–water partition coefficient (Wildman–Crippen LogP) is 2.43. The van der Waals surface area contributed by atoms with E-state index in [-0.39, 0.29) is 23.6 Å². The third-order valence-electron chi connectivity index (χ3n) is 6.78. The number of aromatic nitrogens is 1. The highest BCUT2D eigenvalue weighted by Crippen LogP contribution is 2.30. The molecule has 1 fully saturated rings. The number of hydrogen-bond donors (Lipinski definition) is 2. The van der Waals surface area contributed by atoms with Crippen LogP contribution in [0.2, 0.25) is 0 Å². The third kappa shape index (κ3) is 9.13. The molecule has 2 N–H and O–H groups in total. The third-order valence-corrected chi connectivity index (χ3v) is 6.78. The molecule has 1 aromatic carbocycles. The summed E-state index contributed by atoms with van der Waals surface area (Å²) in [7, 11) is 1.36. The molecule has 3 rings (SSSR count). The molecule has 0 bridgehead atoms. The maximum atomic E-state index is 13.4. The molecule has 0 aliphatic carbocycles. The summed E-state index contributed by atoms with van der Waals surface area (Å²) in [5.74, 6) is -4.41. The van der Waals surface area contributed by atoms with Gasteiger partial charge < -0.3 is 38.8 Å². The number of aliphatic hydroxyl groups excluding tert-OH is 1. The van der Waals surface area contributed by atoms with E-state index in [0.717, 1.165) is 5.56 Å². The van der Waals surface area contributed by atoms with Gasteiger partial charge in [0.1, 0.15) is 24.7 Å². The zero-order chi connectivity index (χ0) is 32.4. The second kappa shape index (κ2) is 16.0. The number of aliphatic hydroxyl groups is 1. The number of nitrogens with zero attached hydrogens (tertiary/aromatic N) is 1. The van der Waals surface area contributed by atoms with Gasteiger partial charge in [0.15, 0.2) is 23.5 Å². The van der Waals surface area contributed by atoms with Gasteiger partial charge >= 0.3 is 17.9 Å². The number of nitrogens with one attached hydrogen (secondary N) is 1. The minimum atomic E-state index is -1.68. The lowest BCUT2D eigenvalue weighted by Crippen LogP contribution is -2.49. The molecule has 44 heavy (non-hydrogen) atoms. The molecule has 1 saturated heterocycles. The molecule has 1 aliphatic rings. The van der Waals surface area contributed by atoms with E-state index in [2.05, 4.69) is 10.3 Å². The van der Waals surface area contributed by atoms with Gasteiger partial charge in [0.05, 0.1) is 25.0 Å². The van der Waals surface area contributed by atoms with Crippen molar-refractivity contribution in [2.75, 3.05) is 20.5 Å². The highest BCUT2D eigenvalue weighted by atomic mass is 16.7. The van der Waals surface area contributed by atoms with E-state index in [9.17, 15) is 24.3 Å². The van der Waals surface area contributed by atoms with E-state index in [4.69, 9.17) is 28.4 Å². The summed E-state index contributed by atoms with van der Waals surface area (Å²) in [6.07, 6.45) is -2.28. The second-order valence-electron chi connectivity index (χ2n) is 10.9. The lowest BCUT2D eigenvalue weighted by molar-refractivity contribution is -0.194. The maximum absolute atomic E-state index is 13.4. The van der Waals surface area contributed by atoms with Crippen molar-refractivity contribution in [2.45, 2.75) is 65.6 Å². The van der Waals surface area contributed by atoms with E-state index in [1.54, 1.807) is 34.6 Å². The average molecular weight is 617 g/mol. The Bertz CT molecular complexity index is 1280. The zero-order valence-electron chi connectivity index (χ0n) is 25.7. The molecule has 1 aliphatic heterocycles. The molecular formula is C31H40N2O11. The van der Waals surface area contributed by atoms with Crippen LogP contribution in [-0.2, 0) is 39.8 Å². The first-order valence-corrected chi connectivity index (χ1v) is 14.3. The number of methoxy groups -OCH3 is 1. The maximum Gasteiger partial charge on any atom is 0.313 e. The lowest BCUT2D eigenvalue weighted by atomic mass is 9.91. The number of hydrogen-bond acceptors (Lipinski definition) is 12. The van der Waals surface area contributed by atoms with Crippen molar-refractivity contribution in [1.82, 2.24) is 10.3 Å². The molecule has 1 amide bonds. The van der Waals surface area contributed by atoms with Crippen LogP contribution >= 0.6 is 0 Å². The Labute approximate surface area is 256 Å². The van der Waals surface area contributed by atoms with Crippen molar-refractivity contribution in [3.05, 3.63) is 53.9 Å². The fourth-order valence-electron chi connectivity index (χ4n) is 4.29. The van der Waals surface area contributed by atoms with Gasteiger partial charge in [-0.15, -0.1) is 0 Å². The van der Waals surface area contributed by atoms with Crippen LogP contribution in [-0.4, -0.2) is 79.0 Å². The van der Waals surface area contributed by atoms with Crippen molar-refractivity contribution in [3.63, 3.8) is 0 Å². The number of pyridine rings is 1. The Morgan fingerprint density at radius 3 is 2.39 bits per heavy atom. The van der Waals surface area contributed by atoms with Gasteiger partial charge in [0, 0.05) is 12.3 Å². The SMILES string of the molecule is COc1ccnc(C(=O)N[C@H]2COC(=O)[C@H](Cc3ccccc3)[C@@H](OC(=O)C(C)C)[C@H](C)OC2O)c1OCOC(=O)C(C)C. The van der Waals surface area contributed by atoms with Crippen molar-refractivity contribution in [2.24, 2.45) is 17.8 Å². The van der Waals surface area contributed by atoms with Crippen molar-refractivity contribution >= 4 is 23.8 Å². The summed E-state index contributed by atoms with van der Waals surface area (Å²) in [6.45, 7) is 7.21. The van der Waals surface area contributed by atoms with Gasteiger partial charge in [-0.1, -0.05) is 58.0 Å². The number of benzene rings is 1. The fraction of sp³-hybridized carbons (Fsp3) is 0.516. The highest BCUT2D eigenvalue weighted by molar-refractivity contribution is 5.96. The number of cyclic esters (lactones) is 1. The van der Waals surface area contributed by atoms with Crippen LogP contribution in [0.15, 0.2) is 42.6 Å². The fourth-order valence-corrected chi connectivity index (χ4v) is 4.29. The predicted molar refractivity (Wildman–Crippen MR) is 154 cm³/mol. The first-order chi connectivity index (χ1) is 20.9. The zero-order valence-corrected chi connectivity index (χ0v) is 25.7. The van der Waals surface area contributed by atoms with Crippen LogP contribution < -0.4 is 14.8 Å². The normalized spacial score (nSPS) is 22.2. The first kappa shape index (κ1) is 34.3. The molecule has 0 saturated carbocycles. The number of esters is 3. The molecule has 1 unspecified atom stereocenters. The molecule has 2 aromatic rings. The number of ether oxygens (including phenoxy) is 6. The monoisotopic (exact) mass is 616 g/mol.